The first kappa shape index (κ1) is 15.9. The quantitative estimate of drug-likeness (QED) is 0.687. The lowest BCUT2D eigenvalue weighted by atomic mass is 9.96. The van der Waals surface area contributed by atoms with Crippen molar-refractivity contribution in [2.75, 3.05) is 33.3 Å². The molecule has 1 aliphatic heterocycles. The lowest BCUT2D eigenvalue weighted by Crippen LogP contribution is -2.43. The van der Waals surface area contributed by atoms with Crippen molar-refractivity contribution in [3.63, 3.8) is 0 Å². The second-order valence-electron chi connectivity index (χ2n) is 6.04. The third kappa shape index (κ3) is 6.17. The normalized spacial score (nSPS) is 22.2. The van der Waals surface area contributed by atoms with E-state index in [1.165, 1.54) is 64.6 Å². The van der Waals surface area contributed by atoms with Crippen molar-refractivity contribution in [2.24, 2.45) is 0 Å². The first-order valence-electron chi connectivity index (χ1n) is 7.72. The average molecular weight is 256 g/mol. The standard InChI is InChI=1S/C15H32N2O/c1-15(14-18,16-2)10-6-9-13-17-11-7-4-3-5-8-12-17/h16,18H,3-14H2,1-2H3. The molecule has 0 saturated carbocycles. The average Bonchev–Trinajstić information content (AvgIpc) is 2.36. The van der Waals surface area contributed by atoms with Crippen LogP contribution in [0.25, 0.3) is 0 Å². The maximum atomic E-state index is 9.33. The van der Waals surface area contributed by atoms with Gasteiger partial charge in [0, 0.05) is 5.54 Å². The fourth-order valence-corrected chi connectivity index (χ4v) is 2.67. The molecule has 2 N–H and O–H groups in total. The van der Waals surface area contributed by atoms with Crippen LogP contribution in [0.15, 0.2) is 0 Å². The minimum Gasteiger partial charge on any atom is -0.394 e. The lowest BCUT2D eigenvalue weighted by Gasteiger charge is -2.28. The maximum Gasteiger partial charge on any atom is 0.0610 e. The van der Waals surface area contributed by atoms with Gasteiger partial charge in [0.1, 0.15) is 0 Å². The van der Waals surface area contributed by atoms with Crippen LogP contribution in [0.4, 0.5) is 0 Å². The van der Waals surface area contributed by atoms with E-state index in [4.69, 9.17) is 0 Å². The van der Waals surface area contributed by atoms with Gasteiger partial charge >= 0.3 is 0 Å². The highest BCUT2D eigenvalue weighted by atomic mass is 16.3. The molecule has 1 fully saturated rings. The van der Waals surface area contributed by atoms with Crippen molar-refractivity contribution in [1.29, 1.82) is 0 Å². The molecule has 0 spiro atoms. The predicted octanol–water partition coefficient (Wildman–Crippen LogP) is 2.39. The highest BCUT2D eigenvalue weighted by Crippen LogP contribution is 2.14. The van der Waals surface area contributed by atoms with Gasteiger partial charge in [-0.3, -0.25) is 0 Å². The van der Waals surface area contributed by atoms with Crippen LogP contribution < -0.4 is 5.32 Å². The summed E-state index contributed by atoms with van der Waals surface area (Å²) in [5.41, 5.74) is -0.0870. The number of nitrogens with zero attached hydrogens (tertiary/aromatic N) is 1. The van der Waals surface area contributed by atoms with Crippen LogP contribution in [0.1, 0.15) is 58.3 Å². The molecule has 1 rings (SSSR count). The number of hydrogen-bond donors (Lipinski definition) is 2. The predicted molar refractivity (Wildman–Crippen MR) is 77.9 cm³/mol. The lowest BCUT2D eigenvalue weighted by molar-refractivity contribution is 0.167. The molecule has 0 aromatic carbocycles. The van der Waals surface area contributed by atoms with E-state index in [0.717, 1.165) is 6.42 Å². The van der Waals surface area contributed by atoms with E-state index in [1.807, 2.05) is 7.05 Å². The Bertz CT molecular complexity index is 197. The number of likely N-dealkylation sites (tertiary alicyclic amines) is 1. The van der Waals surface area contributed by atoms with Gasteiger partial charge in [-0.15, -0.1) is 0 Å². The first-order valence-corrected chi connectivity index (χ1v) is 7.72. The van der Waals surface area contributed by atoms with Crippen molar-refractivity contribution in [3.8, 4) is 0 Å². The van der Waals surface area contributed by atoms with Crippen LogP contribution in [0, 0.1) is 0 Å². The topological polar surface area (TPSA) is 35.5 Å². The monoisotopic (exact) mass is 256 g/mol. The van der Waals surface area contributed by atoms with E-state index in [1.54, 1.807) is 0 Å². The van der Waals surface area contributed by atoms with E-state index in [-0.39, 0.29) is 12.1 Å². The van der Waals surface area contributed by atoms with E-state index in [0.29, 0.717) is 0 Å². The zero-order valence-electron chi connectivity index (χ0n) is 12.4. The number of rotatable bonds is 7. The third-order valence-electron chi connectivity index (χ3n) is 4.35. The molecule has 1 saturated heterocycles. The minimum absolute atomic E-state index is 0.0870. The fourth-order valence-electron chi connectivity index (χ4n) is 2.67. The van der Waals surface area contributed by atoms with Crippen molar-refractivity contribution >= 4 is 0 Å². The van der Waals surface area contributed by atoms with E-state index in [9.17, 15) is 5.11 Å². The van der Waals surface area contributed by atoms with Gasteiger partial charge in [0.15, 0.2) is 0 Å². The van der Waals surface area contributed by atoms with Crippen LogP contribution >= 0.6 is 0 Å². The summed E-state index contributed by atoms with van der Waals surface area (Å²) in [5, 5.41) is 12.6. The number of aliphatic hydroxyl groups excluding tert-OH is 1. The highest BCUT2D eigenvalue weighted by Gasteiger charge is 2.19. The Morgan fingerprint density at radius 1 is 1.06 bits per heavy atom. The smallest absolute Gasteiger partial charge is 0.0610 e. The summed E-state index contributed by atoms with van der Waals surface area (Å²) in [6.07, 6.45) is 10.6. The zero-order chi connectivity index (χ0) is 13.3. The molecule has 0 radical (unpaired) electrons. The van der Waals surface area contributed by atoms with Crippen LogP contribution in [0.2, 0.25) is 0 Å². The van der Waals surface area contributed by atoms with Crippen molar-refractivity contribution in [2.45, 2.75) is 63.8 Å². The summed E-state index contributed by atoms with van der Waals surface area (Å²) in [6, 6.07) is 0. The summed E-state index contributed by atoms with van der Waals surface area (Å²) >= 11 is 0. The molecule has 0 amide bonds. The number of likely N-dealkylation sites (N-methyl/N-ethyl adjacent to an activating group) is 1. The molecule has 1 heterocycles. The van der Waals surface area contributed by atoms with E-state index >= 15 is 0 Å². The Morgan fingerprint density at radius 2 is 1.67 bits per heavy atom. The second-order valence-corrected chi connectivity index (χ2v) is 6.04. The summed E-state index contributed by atoms with van der Waals surface area (Å²) in [4.78, 5) is 2.63. The Morgan fingerprint density at radius 3 is 2.22 bits per heavy atom. The van der Waals surface area contributed by atoms with Gasteiger partial charge < -0.3 is 15.3 Å². The van der Waals surface area contributed by atoms with Gasteiger partial charge in [-0.25, -0.2) is 0 Å². The maximum absolute atomic E-state index is 9.33. The van der Waals surface area contributed by atoms with Crippen molar-refractivity contribution in [3.05, 3.63) is 0 Å². The highest BCUT2D eigenvalue weighted by molar-refractivity contribution is 4.80. The molecule has 0 bridgehead atoms. The van der Waals surface area contributed by atoms with Gasteiger partial charge in [-0.05, 0) is 59.3 Å². The summed E-state index contributed by atoms with van der Waals surface area (Å²) in [7, 11) is 1.94. The third-order valence-corrected chi connectivity index (χ3v) is 4.35. The summed E-state index contributed by atoms with van der Waals surface area (Å²) in [6.45, 7) is 6.16. The van der Waals surface area contributed by atoms with E-state index < -0.39 is 0 Å². The number of nitrogens with one attached hydrogen (secondary N) is 1. The van der Waals surface area contributed by atoms with Gasteiger partial charge in [-0.1, -0.05) is 25.7 Å². The SMILES string of the molecule is CNC(C)(CO)CCCCN1CCCCCCC1. The molecule has 1 unspecified atom stereocenters. The molecular weight excluding hydrogens is 224 g/mol. The Labute approximate surface area is 113 Å². The van der Waals surface area contributed by atoms with Crippen LogP contribution in [-0.4, -0.2) is 48.8 Å². The molecule has 0 aromatic rings. The largest absolute Gasteiger partial charge is 0.394 e. The molecular formula is C15H32N2O. The molecule has 18 heavy (non-hydrogen) atoms. The van der Waals surface area contributed by atoms with Crippen LogP contribution in [-0.2, 0) is 0 Å². The minimum atomic E-state index is -0.0870. The molecule has 0 aliphatic carbocycles. The number of unbranched alkanes of at least 4 members (excludes halogenated alkanes) is 1. The molecule has 108 valence electrons. The zero-order valence-corrected chi connectivity index (χ0v) is 12.4. The summed E-state index contributed by atoms with van der Waals surface area (Å²) in [5.74, 6) is 0. The number of hydrogen-bond acceptors (Lipinski definition) is 3. The van der Waals surface area contributed by atoms with Gasteiger partial charge in [0.05, 0.1) is 6.61 Å². The van der Waals surface area contributed by atoms with Crippen molar-refractivity contribution in [1.82, 2.24) is 10.2 Å². The Hall–Kier alpha value is -0.120. The summed E-state index contributed by atoms with van der Waals surface area (Å²) < 4.78 is 0. The molecule has 3 heteroatoms. The Balaban J connectivity index is 2.12. The number of aliphatic hydroxyl groups is 1. The van der Waals surface area contributed by atoms with Gasteiger partial charge in [0.25, 0.3) is 0 Å². The molecule has 0 aromatic heterocycles. The Kier molecular flexibility index (Phi) is 7.87. The van der Waals surface area contributed by atoms with Gasteiger partial charge in [-0.2, -0.15) is 0 Å². The van der Waals surface area contributed by atoms with Crippen LogP contribution in [0.5, 0.6) is 0 Å². The fraction of sp³-hybridized carbons (Fsp3) is 1.00. The molecule has 1 atom stereocenters. The van der Waals surface area contributed by atoms with Crippen molar-refractivity contribution < 1.29 is 5.11 Å². The first-order chi connectivity index (χ1) is 8.70. The molecule has 1 aliphatic rings. The van der Waals surface area contributed by atoms with Crippen LogP contribution in [0.3, 0.4) is 0 Å². The molecule has 3 nitrogen and oxygen atoms in total. The van der Waals surface area contributed by atoms with E-state index in [2.05, 4.69) is 17.1 Å². The van der Waals surface area contributed by atoms with Gasteiger partial charge in [0.2, 0.25) is 0 Å². The second kappa shape index (κ2) is 8.89.